The number of fused-ring (bicyclic) bond motifs is 1. The van der Waals surface area contributed by atoms with Crippen molar-refractivity contribution in [3.8, 4) is 0 Å². The molecule has 2 nitrogen and oxygen atoms in total. The maximum atomic E-state index is 14.0. The minimum atomic E-state index is -0.963. The first kappa shape index (κ1) is 15.3. The molecule has 0 radical (unpaired) electrons. The molecule has 0 aliphatic rings. The van der Waals surface area contributed by atoms with Crippen LogP contribution in [0.5, 0.6) is 0 Å². The summed E-state index contributed by atoms with van der Waals surface area (Å²) >= 11 is 2.84. The Morgan fingerprint density at radius 2 is 2.20 bits per heavy atom. The SMILES string of the molecule is CCCCCSCc1c(C(=O)O)sc2cccc(F)c12. The van der Waals surface area contributed by atoms with E-state index < -0.39 is 5.97 Å². The lowest BCUT2D eigenvalue weighted by Gasteiger charge is -2.03. The van der Waals surface area contributed by atoms with E-state index in [4.69, 9.17) is 0 Å². The fourth-order valence-corrected chi connectivity index (χ4v) is 4.32. The van der Waals surface area contributed by atoms with Gasteiger partial charge in [-0.05, 0) is 29.9 Å². The summed E-state index contributed by atoms with van der Waals surface area (Å²) in [6, 6.07) is 4.80. The first-order chi connectivity index (χ1) is 9.65. The minimum absolute atomic E-state index is 0.271. The standard InChI is InChI=1S/C15H17FO2S2/c1-2-3-4-8-19-9-10-13-11(16)6-5-7-12(13)20-14(10)15(17)18/h5-7H,2-4,8-9H2,1H3,(H,17,18). The second-order valence-electron chi connectivity index (χ2n) is 4.59. The molecule has 0 aliphatic carbocycles. The predicted octanol–water partition coefficient (Wildman–Crippen LogP) is 5.16. The quantitative estimate of drug-likeness (QED) is 0.717. The van der Waals surface area contributed by atoms with Gasteiger partial charge < -0.3 is 5.11 Å². The topological polar surface area (TPSA) is 37.3 Å². The number of carboxylic acids is 1. The highest BCUT2D eigenvalue weighted by Gasteiger charge is 2.19. The fourth-order valence-electron chi connectivity index (χ4n) is 2.11. The van der Waals surface area contributed by atoms with Crippen molar-refractivity contribution in [2.45, 2.75) is 31.9 Å². The largest absolute Gasteiger partial charge is 0.477 e. The van der Waals surface area contributed by atoms with Gasteiger partial charge in [-0.2, -0.15) is 11.8 Å². The molecule has 0 saturated carbocycles. The predicted molar refractivity (Wildman–Crippen MR) is 84.4 cm³/mol. The van der Waals surface area contributed by atoms with Crippen molar-refractivity contribution in [3.05, 3.63) is 34.5 Å². The van der Waals surface area contributed by atoms with Gasteiger partial charge in [-0.1, -0.05) is 25.8 Å². The lowest BCUT2D eigenvalue weighted by molar-refractivity contribution is 0.0701. The number of carboxylic acid groups (broad SMARTS) is 1. The number of carbonyl (C=O) groups is 1. The summed E-state index contributed by atoms with van der Waals surface area (Å²) in [6.45, 7) is 2.15. The summed E-state index contributed by atoms with van der Waals surface area (Å²) in [5, 5.41) is 9.76. The van der Waals surface area contributed by atoms with E-state index in [0.29, 0.717) is 21.4 Å². The van der Waals surface area contributed by atoms with Gasteiger partial charge in [0.05, 0.1) is 0 Å². The molecule has 0 unspecified atom stereocenters. The third-order valence-corrected chi connectivity index (χ3v) is 5.35. The van der Waals surface area contributed by atoms with Gasteiger partial charge in [0.2, 0.25) is 0 Å². The van der Waals surface area contributed by atoms with Crippen molar-refractivity contribution in [2.75, 3.05) is 5.75 Å². The lowest BCUT2D eigenvalue weighted by Crippen LogP contribution is -1.97. The molecule has 0 spiro atoms. The smallest absolute Gasteiger partial charge is 0.346 e. The molecule has 108 valence electrons. The van der Waals surface area contributed by atoms with Gasteiger partial charge in [0.25, 0.3) is 0 Å². The monoisotopic (exact) mass is 312 g/mol. The number of thioether (sulfide) groups is 1. The van der Waals surface area contributed by atoms with Gasteiger partial charge >= 0.3 is 5.97 Å². The molecule has 0 amide bonds. The molecule has 0 atom stereocenters. The molecular formula is C15H17FO2S2. The van der Waals surface area contributed by atoms with Crippen LogP contribution in [0.15, 0.2) is 18.2 Å². The Hall–Kier alpha value is -1.07. The maximum Gasteiger partial charge on any atom is 0.346 e. The second-order valence-corrected chi connectivity index (χ2v) is 6.74. The Balaban J connectivity index is 2.24. The first-order valence-corrected chi connectivity index (χ1v) is 8.63. The summed E-state index contributed by atoms with van der Waals surface area (Å²) in [7, 11) is 0. The van der Waals surface area contributed by atoms with Gasteiger partial charge in [0.15, 0.2) is 0 Å². The van der Waals surface area contributed by atoms with E-state index in [1.165, 1.54) is 12.5 Å². The van der Waals surface area contributed by atoms with Gasteiger partial charge in [0.1, 0.15) is 10.7 Å². The van der Waals surface area contributed by atoms with Crippen LogP contribution in [0.3, 0.4) is 0 Å². The highest BCUT2D eigenvalue weighted by molar-refractivity contribution is 7.98. The van der Waals surface area contributed by atoms with Crippen LogP contribution in [-0.2, 0) is 5.75 Å². The van der Waals surface area contributed by atoms with Crippen molar-refractivity contribution in [1.29, 1.82) is 0 Å². The van der Waals surface area contributed by atoms with Gasteiger partial charge in [-0.25, -0.2) is 9.18 Å². The van der Waals surface area contributed by atoms with E-state index in [2.05, 4.69) is 6.92 Å². The number of rotatable bonds is 7. The molecule has 1 aromatic carbocycles. The Morgan fingerprint density at radius 1 is 1.40 bits per heavy atom. The molecule has 0 saturated heterocycles. The third-order valence-electron chi connectivity index (χ3n) is 3.10. The maximum absolute atomic E-state index is 14.0. The van der Waals surface area contributed by atoms with Crippen molar-refractivity contribution < 1.29 is 14.3 Å². The molecule has 1 heterocycles. The molecule has 0 aliphatic heterocycles. The average Bonchev–Trinajstić information content (AvgIpc) is 2.79. The van der Waals surface area contributed by atoms with Gasteiger partial charge in [-0.15, -0.1) is 11.3 Å². The highest BCUT2D eigenvalue weighted by atomic mass is 32.2. The molecule has 20 heavy (non-hydrogen) atoms. The molecule has 2 rings (SSSR count). The Kier molecular flexibility index (Phi) is 5.43. The Bertz CT molecular complexity index is 607. The van der Waals surface area contributed by atoms with Gasteiger partial charge in [-0.3, -0.25) is 0 Å². The molecule has 0 bridgehead atoms. The Morgan fingerprint density at radius 3 is 2.90 bits per heavy atom. The minimum Gasteiger partial charge on any atom is -0.477 e. The zero-order valence-electron chi connectivity index (χ0n) is 11.3. The number of benzene rings is 1. The van der Waals surface area contributed by atoms with E-state index in [1.807, 2.05) is 0 Å². The molecule has 5 heteroatoms. The number of unbranched alkanes of at least 4 members (excludes halogenated alkanes) is 2. The number of hydrogen-bond donors (Lipinski definition) is 1. The molecule has 1 N–H and O–H groups in total. The molecule has 2 aromatic rings. The van der Waals surface area contributed by atoms with E-state index >= 15 is 0 Å². The fraction of sp³-hybridized carbons (Fsp3) is 0.400. The van der Waals surface area contributed by atoms with Crippen LogP contribution in [0.1, 0.15) is 41.4 Å². The molecule has 1 aromatic heterocycles. The zero-order valence-corrected chi connectivity index (χ0v) is 13.0. The normalized spacial score (nSPS) is 11.1. The number of aromatic carboxylic acids is 1. The van der Waals surface area contributed by atoms with Crippen molar-refractivity contribution in [3.63, 3.8) is 0 Å². The van der Waals surface area contributed by atoms with Crippen molar-refractivity contribution >= 4 is 39.2 Å². The molecular weight excluding hydrogens is 295 g/mol. The molecule has 0 fully saturated rings. The van der Waals surface area contributed by atoms with Crippen molar-refractivity contribution in [1.82, 2.24) is 0 Å². The summed E-state index contributed by atoms with van der Waals surface area (Å²) in [5.74, 6) is 0.260. The van der Waals surface area contributed by atoms with Crippen LogP contribution < -0.4 is 0 Å². The summed E-state index contributed by atoms with van der Waals surface area (Å²) in [4.78, 5) is 11.6. The van der Waals surface area contributed by atoms with E-state index in [0.717, 1.165) is 29.9 Å². The van der Waals surface area contributed by atoms with Crippen LogP contribution in [0.25, 0.3) is 10.1 Å². The number of thiophene rings is 1. The Labute approximate surface area is 126 Å². The summed E-state index contributed by atoms with van der Waals surface area (Å²) in [6.07, 6.45) is 3.46. The van der Waals surface area contributed by atoms with E-state index in [-0.39, 0.29) is 10.7 Å². The highest BCUT2D eigenvalue weighted by Crippen LogP contribution is 2.35. The van der Waals surface area contributed by atoms with Crippen LogP contribution in [0.2, 0.25) is 0 Å². The average molecular weight is 312 g/mol. The van der Waals surface area contributed by atoms with Gasteiger partial charge in [0, 0.05) is 15.8 Å². The lowest BCUT2D eigenvalue weighted by atomic mass is 10.1. The van der Waals surface area contributed by atoms with Crippen LogP contribution in [-0.4, -0.2) is 16.8 Å². The zero-order chi connectivity index (χ0) is 14.5. The van der Waals surface area contributed by atoms with Crippen LogP contribution in [0.4, 0.5) is 4.39 Å². The third kappa shape index (κ3) is 3.33. The number of hydrogen-bond acceptors (Lipinski definition) is 3. The summed E-state index contributed by atoms with van der Waals surface area (Å²) in [5.41, 5.74) is 0.636. The number of halogens is 1. The second kappa shape index (κ2) is 7.09. The van der Waals surface area contributed by atoms with E-state index in [9.17, 15) is 14.3 Å². The van der Waals surface area contributed by atoms with Crippen LogP contribution in [0, 0.1) is 5.82 Å². The first-order valence-electron chi connectivity index (χ1n) is 6.66. The van der Waals surface area contributed by atoms with E-state index in [1.54, 1.807) is 23.9 Å². The summed E-state index contributed by atoms with van der Waals surface area (Å²) < 4.78 is 14.7. The van der Waals surface area contributed by atoms with Crippen molar-refractivity contribution in [2.24, 2.45) is 0 Å². The van der Waals surface area contributed by atoms with Crippen LogP contribution >= 0.6 is 23.1 Å².